The number of nitrogens with zero attached hydrogens (tertiary/aromatic N) is 4. The van der Waals surface area contributed by atoms with Gasteiger partial charge in [0.2, 0.25) is 5.91 Å². The molecule has 156 valence electrons. The van der Waals surface area contributed by atoms with Crippen LogP contribution in [0.2, 0.25) is 0 Å². The summed E-state index contributed by atoms with van der Waals surface area (Å²) in [6.07, 6.45) is 3.97. The van der Waals surface area contributed by atoms with Gasteiger partial charge in [-0.2, -0.15) is 5.26 Å². The predicted molar refractivity (Wildman–Crippen MR) is 118 cm³/mol. The maximum atomic E-state index is 13.9. The van der Waals surface area contributed by atoms with E-state index in [1.54, 1.807) is 18.3 Å². The van der Waals surface area contributed by atoms with Crippen molar-refractivity contribution in [3.63, 3.8) is 0 Å². The lowest BCUT2D eigenvalue weighted by atomic mass is 9.73. The van der Waals surface area contributed by atoms with Crippen LogP contribution in [0.15, 0.2) is 47.1 Å². The van der Waals surface area contributed by atoms with Crippen LogP contribution < -0.4 is 4.90 Å². The van der Waals surface area contributed by atoms with Crippen molar-refractivity contribution in [2.24, 2.45) is 0 Å². The first-order valence-corrected chi connectivity index (χ1v) is 11.2. The largest absolute Gasteiger partial charge is 0.381 e. The molecule has 0 N–H and O–H groups in total. The molecule has 2 aromatic rings. The SMILES string of the molecule is N#Cc1cccnc1N1CCCN(C(=O)C2(c3ccc(Br)cc3)CCOCC2)CC1. The molecule has 6 nitrogen and oxygen atoms in total. The van der Waals surface area contributed by atoms with E-state index in [2.05, 4.69) is 44.0 Å². The minimum Gasteiger partial charge on any atom is -0.381 e. The van der Waals surface area contributed by atoms with Gasteiger partial charge in [-0.3, -0.25) is 4.79 Å². The van der Waals surface area contributed by atoms with Crippen LogP contribution in [0.4, 0.5) is 5.82 Å². The summed E-state index contributed by atoms with van der Waals surface area (Å²) in [4.78, 5) is 22.4. The molecule has 0 aliphatic carbocycles. The number of hydrogen-bond donors (Lipinski definition) is 0. The summed E-state index contributed by atoms with van der Waals surface area (Å²) >= 11 is 3.50. The molecule has 0 saturated carbocycles. The molecule has 1 aromatic carbocycles. The van der Waals surface area contributed by atoms with Crippen LogP contribution in [0.1, 0.15) is 30.4 Å². The number of benzene rings is 1. The van der Waals surface area contributed by atoms with Crippen molar-refractivity contribution in [3.05, 3.63) is 58.2 Å². The van der Waals surface area contributed by atoms with Gasteiger partial charge in [0.25, 0.3) is 0 Å². The van der Waals surface area contributed by atoms with Crippen molar-refractivity contribution in [3.8, 4) is 6.07 Å². The maximum absolute atomic E-state index is 13.9. The highest BCUT2D eigenvalue weighted by molar-refractivity contribution is 9.10. The molecule has 1 amide bonds. The fraction of sp³-hybridized carbons (Fsp3) is 0.435. The molecule has 2 fully saturated rings. The van der Waals surface area contributed by atoms with E-state index in [1.807, 2.05) is 17.0 Å². The summed E-state index contributed by atoms with van der Waals surface area (Å²) < 4.78 is 6.61. The van der Waals surface area contributed by atoms with Crippen molar-refractivity contribution in [2.45, 2.75) is 24.7 Å². The zero-order valence-electron chi connectivity index (χ0n) is 16.9. The lowest BCUT2D eigenvalue weighted by Crippen LogP contribution is -2.50. The van der Waals surface area contributed by atoms with Gasteiger partial charge >= 0.3 is 0 Å². The Kier molecular flexibility index (Phi) is 6.35. The standard InChI is InChI=1S/C23H25BrN4O2/c24-20-6-4-19(5-7-20)23(8-15-30-16-9-23)22(29)28-12-2-11-27(13-14-28)21-18(17-25)3-1-10-26-21/h1,3-7,10H,2,8-9,11-16H2. The van der Waals surface area contributed by atoms with Gasteiger partial charge in [0.15, 0.2) is 0 Å². The average Bonchev–Trinajstić information content (AvgIpc) is 3.05. The van der Waals surface area contributed by atoms with Gasteiger partial charge in [-0.1, -0.05) is 28.1 Å². The van der Waals surface area contributed by atoms with Crippen LogP contribution in [0.5, 0.6) is 0 Å². The van der Waals surface area contributed by atoms with E-state index in [1.165, 1.54) is 0 Å². The Morgan fingerprint density at radius 2 is 1.87 bits per heavy atom. The Morgan fingerprint density at radius 3 is 2.60 bits per heavy atom. The van der Waals surface area contributed by atoms with Crippen LogP contribution in [0.25, 0.3) is 0 Å². The predicted octanol–water partition coefficient (Wildman–Crippen LogP) is 3.50. The summed E-state index contributed by atoms with van der Waals surface area (Å²) in [6.45, 7) is 3.99. The van der Waals surface area contributed by atoms with Crippen molar-refractivity contribution < 1.29 is 9.53 Å². The zero-order chi connectivity index (χ0) is 21.0. The Hall–Kier alpha value is -2.43. The van der Waals surface area contributed by atoms with E-state index in [9.17, 15) is 10.1 Å². The molecule has 2 saturated heterocycles. The van der Waals surface area contributed by atoms with Gasteiger partial charge in [0, 0.05) is 50.1 Å². The summed E-state index contributed by atoms with van der Waals surface area (Å²) in [5, 5.41) is 9.41. The van der Waals surface area contributed by atoms with Gasteiger partial charge in [-0.05, 0) is 49.1 Å². The molecule has 3 heterocycles. The highest BCUT2D eigenvalue weighted by Gasteiger charge is 2.44. The number of anilines is 1. The smallest absolute Gasteiger partial charge is 0.233 e. The average molecular weight is 469 g/mol. The highest BCUT2D eigenvalue weighted by atomic mass is 79.9. The monoisotopic (exact) mass is 468 g/mol. The summed E-state index contributed by atoms with van der Waals surface area (Å²) in [5.74, 6) is 0.902. The molecule has 2 aliphatic heterocycles. The van der Waals surface area contributed by atoms with Gasteiger partial charge in [-0.25, -0.2) is 4.98 Å². The number of amides is 1. The Bertz CT molecular complexity index is 935. The fourth-order valence-electron chi connectivity index (χ4n) is 4.49. The molecule has 0 unspecified atom stereocenters. The molecule has 0 radical (unpaired) electrons. The number of halogens is 1. The maximum Gasteiger partial charge on any atom is 0.233 e. The van der Waals surface area contributed by atoms with Crippen LogP contribution >= 0.6 is 15.9 Å². The highest BCUT2D eigenvalue weighted by Crippen LogP contribution is 2.37. The van der Waals surface area contributed by atoms with E-state index < -0.39 is 5.41 Å². The van der Waals surface area contributed by atoms with Gasteiger partial charge < -0.3 is 14.5 Å². The fourth-order valence-corrected chi connectivity index (χ4v) is 4.75. The minimum atomic E-state index is -0.531. The van der Waals surface area contributed by atoms with Gasteiger partial charge in [-0.15, -0.1) is 0 Å². The summed E-state index contributed by atoms with van der Waals surface area (Å²) in [7, 11) is 0. The molecule has 4 rings (SSSR count). The zero-order valence-corrected chi connectivity index (χ0v) is 18.5. The number of ether oxygens (including phenoxy) is 1. The van der Waals surface area contributed by atoms with E-state index >= 15 is 0 Å². The topological polar surface area (TPSA) is 69.5 Å². The molecule has 0 bridgehead atoms. The van der Waals surface area contributed by atoms with Gasteiger partial charge in [0.1, 0.15) is 11.9 Å². The van der Waals surface area contributed by atoms with Gasteiger partial charge in [0.05, 0.1) is 11.0 Å². The third-order valence-corrected chi connectivity index (χ3v) is 6.67. The molecule has 30 heavy (non-hydrogen) atoms. The first-order chi connectivity index (χ1) is 14.6. The molecular weight excluding hydrogens is 444 g/mol. The van der Waals surface area contributed by atoms with Crippen molar-refractivity contribution in [1.29, 1.82) is 5.26 Å². The lowest BCUT2D eigenvalue weighted by molar-refractivity contribution is -0.141. The van der Waals surface area contributed by atoms with Crippen molar-refractivity contribution >= 4 is 27.7 Å². The van der Waals surface area contributed by atoms with Crippen LogP contribution in [-0.4, -0.2) is 55.2 Å². The molecule has 2 aliphatic rings. The van der Waals surface area contributed by atoms with Crippen LogP contribution in [0.3, 0.4) is 0 Å². The van der Waals surface area contributed by atoms with Crippen molar-refractivity contribution in [1.82, 2.24) is 9.88 Å². The van der Waals surface area contributed by atoms with E-state index in [4.69, 9.17) is 4.74 Å². The normalized spacial score (nSPS) is 19.1. The molecule has 7 heteroatoms. The Labute approximate surface area is 185 Å². The van der Waals surface area contributed by atoms with E-state index in [0.29, 0.717) is 57.1 Å². The number of aromatic nitrogens is 1. The molecular formula is C23H25BrN4O2. The van der Waals surface area contributed by atoms with E-state index in [-0.39, 0.29) is 5.91 Å². The quantitative estimate of drug-likeness (QED) is 0.689. The third-order valence-electron chi connectivity index (χ3n) is 6.14. The Balaban J connectivity index is 1.56. The molecule has 1 aromatic heterocycles. The van der Waals surface area contributed by atoms with Crippen molar-refractivity contribution in [2.75, 3.05) is 44.3 Å². The first kappa shape index (κ1) is 20.8. The Morgan fingerprint density at radius 1 is 1.10 bits per heavy atom. The number of nitriles is 1. The van der Waals surface area contributed by atoms with Crippen LogP contribution in [0, 0.1) is 11.3 Å². The number of pyridine rings is 1. The number of carbonyl (C=O) groups is 1. The first-order valence-electron chi connectivity index (χ1n) is 10.4. The second-order valence-corrected chi connectivity index (χ2v) is 8.74. The second kappa shape index (κ2) is 9.15. The molecule has 0 spiro atoms. The number of rotatable bonds is 3. The summed E-state index contributed by atoms with van der Waals surface area (Å²) in [6, 6.07) is 13.9. The van der Waals surface area contributed by atoms with E-state index in [0.717, 1.165) is 23.0 Å². The molecule has 0 atom stereocenters. The second-order valence-electron chi connectivity index (χ2n) is 7.82. The third kappa shape index (κ3) is 4.07. The summed E-state index contributed by atoms with van der Waals surface area (Å²) in [5.41, 5.74) is 1.11. The minimum absolute atomic E-state index is 0.191. The number of carbonyl (C=O) groups excluding carboxylic acids is 1. The number of hydrogen-bond acceptors (Lipinski definition) is 5. The lowest BCUT2D eigenvalue weighted by Gasteiger charge is -2.40. The van der Waals surface area contributed by atoms with Crippen LogP contribution in [-0.2, 0) is 14.9 Å².